The molecule has 0 saturated carbocycles. The van der Waals surface area contributed by atoms with E-state index in [2.05, 4.69) is 0 Å². The third-order valence-electron chi connectivity index (χ3n) is 2.16. The van der Waals surface area contributed by atoms with Gasteiger partial charge < -0.3 is 4.74 Å². The van der Waals surface area contributed by atoms with Crippen molar-refractivity contribution in [2.75, 3.05) is 7.11 Å². The molecule has 1 atom stereocenters. The zero-order valence-electron chi connectivity index (χ0n) is 9.14. The Bertz CT molecular complexity index is 427. The maximum Gasteiger partial charge on any atom is 0.417 e. The van der Waals surface area contributed by atoms with Crippen LogP contribution in [0.25, 0.3) is 0 Å². The van der Waals surface area contributed by atoms with E-state index in [0.717, 1.165) is 12.1 Å². The maximum absolute atomic E-state index is 12.7. The van der Waals surface area contributed by atoms with Gasteiger partial charge in [0.2, 0.25) is 0 Å². The zero-order valence-corrected chi connectivity index (χ0v) is 9.89. The predicted octanol–water partition coefficient (Wildman–Crippen LogP) is 3.52. The molecule has 1 aromatic carbocycles. The number of rotatable bonds is 3. The van der Waals surface area contributed by atoms with E-state index in [0.29, 0.717) is 0 Å². The van der Waals surface area contributed by atoms with Crippen molar-refractivity contribution < 1.29 is 22.7 Å². The normalized spacial score (nSPS) is 13.3. The van der Waals surface area contributed by atoms with Gasteiger partial charge in [0.15, 0.2) is 5.78 Å². The molecular weight excluding hydrogens is 257 g/mol. The first-order chi connectivity index (χ1) is 7.77. The van der Waals surface area contributed by atoms with Crippen LogP contribution in [0, 0.1) is 0 Å². The smallest absolute Gasteiger partial charge is 0.417 e. The number of Topliss-reactive ketones (excluding diaryl/α,β-unsaturated/α-hetero) is 1. The molecule has 6 heteroatoms. The molecule has 0 radical (unpaired) electrons. The molecule has 0 aromatic heterocycles. The molecule has 0 spiro atoms. The number of ether oxygens (including phenoxy) is 1. The van der Waals surface area contributed by atoms with E-state index in [1.807, 2.05) is 0 Å². The van der Waals surface area contributed by atoms with Gasteiger partial charge in [-0.05, 0) is 25.1 Å². The summed E-state index contributed by atoms with van der Waals surface area (Å²) in [6.45, 7) is 1.33. The fraction of sp³-hybridized carbons (Fsp3) is 0.364. The second-order valence-corrected chi connectivity index (χ2v) is 4.04. The van der Waals surface area contributed by atoms with Gasteiger partial charge in [-0.15, -0.1) is 11.6 Å². The van der Waals surface area contributed by atoms with Crippen LogP contribution in [0.15, 0.2) is 18.2 Å². The Hall–Kier alpha value is -1.23. The molecule has 1 rings (SSSR count). The van der Waals surface area contributed by atoms with Crippen molar-refractivity contribution in [1.82, 2.24) is 0 Å². The van der Waals surface area contributed by atoms with E-state index >= 15 is 0 Å². The Morgan fingerprint density at radius 2 is 2.00 bits per heavy atom. The van der Waals surface area contributed by atoms with Crippen LogP contribution in [-0.2, 0) is 6.18 Å². The second kappa shape index (κ2) is 4.96. The first kappa shape index (κ1) is 13.8. The van der Waals surface area contributed by atoms with Gasteiger partial charge >= 0.3 is 6.18 Å². The number of alkyl halides is 4. The van der Waals surface area contributed by atoms with Gasteiger partial charge in [-0.1, -0.05) is 0 Å². The van der Waals surface area contributed by atoms with Crippen LogP contribution in [0.2, 0.25) is 0 Å². The fourth-order valence-electron chi connectivity index (χ4n) is 1.31. The molecule has 0 heterocycles. The molecule has 0 aliphatic rings. The molecule has 1 unspecified atom stereocenters. The number of hydrogen-bond acceptors (Lipinski definition) is 2. The van der Waals surface area contributed by atoms with Crippen molar-refractivity contribution in [3.05, 3.63) is 29.3 Å². The van der Waals surface area contributed by atoms with E-state index in [1.165, 1.54) is 20.1 Å². The van der Waals surface area contributed by atoms with Gasteiger partial charge in [0.05, 0.1) is 18.1 Å². The molecule has 0 bridgehead atoms. The van der Waals surface area contributed by atoms with E-state index in [9.17, 15) is 18.0 Å². The molecule has 0 N–H and O–H groups in total. The number of ketones is 1. The number of benzene rings is 1. The van der Waals surface area contributed by atoms with Crippen molar-refractivity contribution >= 4 is 17.4 Å². The van der Waals surface area contributed by atoms with Crippen LogP contribution in [0.3, 0.4) is 0 Å². The van der Waals surface area contributed by atoms with E-state index in [4.69, 9.17) is 16.3 Å². The first-order valence-electron chi connectivity index (χ1n) is 4.71. The van der Waals surface area contributed by atoms with Crippen molar-refractivity contribution in [2.24, 2.45) is 0 Å². The van der Waals surface area contributed by atoms with Gasteiger partial charge in [0.25, 0.3) is 0 Å². The summed E-state index contributed by atoms with van der Waals surface area (Å²) in [7, 11) is 1.25. The minimum absolute atomic E-state index is 0.0381. The Balaban J connectivity index is 3.35. The van der Waals surface area contributed by atoms with Crippen molar-refractivity contribution in [3.63, 3.8) is 0 Å². The van der Waals surface area contributed by atoms with Crippen LogP contribution in [0.4, 0.5) is 13.2 Å². The minimum atomic E-state index is -4.62. The monoisotopic (exact) mass is 266 g/mol. The highest BCUT2D eigenvalue weighted by molar-refractivity contribution is 6.33. The highest BCUT2D eigenvalue weighted by atomic mass is 35.5. The lowest BCUT2D eigenvalue weighted by Crippen LogP contribution is -2.18. The number of hydrogen-bond donors (Lipinski definition) is 0. The highest BCUT2D eigenvalue weighted by Gasteiger charge is 2.36. The molecule has 1 aromatic rings. The lowest BCUT2D eigenvalue weighted by Gasteiger charge is -2.14. The number of carbonyl (C=O) groups excluding carboxylic acids is 1. The highest BCUT2D eigenvalue weighted by Crippen LogP contribution is 2.35. The summed E-state index contributed by atoms with van der Waals surface area (Å²) < 4.78 is 42.9. The topological polar surface area (TPSA) is 26.3 Å². The van der Waals surface area contributed by atoms with E-state index < -0.39 is 28.5 Å². The summed E-state index contributed by atoms with van der Waals surface area (Å²) in [5.41, 5.74) is -1.48. The summed E-state index contributed by atoms with van der Waals surface area (Å²) >= 11 is 5.51. The fourth-order valence-corrected chi connectivity index (χ4v) is 1.43. The third kappa shape index (κ3) is 3.12. The number of carbonyl (C=O) groups is 1. The average molecular weight is 267 g/mol. The van der Waals surface area contributed by atoms with Gasteiger partial charge in [-0.3, -0.25) is 4.79 Å². The molecule has 17 heavy (non-hydrogen) atoms. The van der Waals surface area contributed by atoms with Crippen LogP contribution < -0.4 is 4.74 Å². The summed E-state index contributed by atoms with van der Waals surface area (Å²) in [5, 5.41) is -1.01. The molecule has 94 valence electrons. The molecule has 0 amide bonds. The Labute approximate surface area is 101 Å². The minimum Gasteiger partial charge on any atom is -0.497 e. The lowest BCUT2D eigenvalue weighted by molar-refractivity contribution is -0.138. The Morgan fingerprint density at radius 1 is 1.41 bits per heavy atom. The molecule has 2 nitrogen and oxygen atoms in total. The van der Waals surface area contributed by atoms with Gasteiger partial charge in [0.1, 0.15) is 5.75 Å². The summed E-state index contributed by atoms with van der Waals surface area (Å²) in [4.78, 5) is 11.5. The van der Waals surface area contributed by atoms with Crippen LogP contribution in [-0.4, -0.2) is 18.3 Å². The number of methoxy groups -OCH3 is 1. The maximum atomic E-state index is 12.7. The SMILES string of the molecule is COc1ccc(C(=O)C(C)Cl)c(C(F)(F)F)c1. The van der Waals surface area contributed by atoms with Crippen LogP contribution in [0.1, 0.15) is 22.8 Å². The second-order valence-electron chi connectivity index (χ2n) is 3.39. The third-order valence-corrected chi connectivity index (χ3v) is 2.36. The van der Waals surface area contributed by atoms with Gasteiger partial charge in [0, 0.05) is 5.56 Å². The summed E-state index contributed by atoms with van der Waals surface area (Å²) in [5.74, 6) is -0.724. The average Bonchev–Trinajstić information content (AvgIpc) is 2.26. The largest absolute Gasteiger partial charge is 0.497 e. The van der Waals surface area contributed by atoms with E-state index in [-0.39, 0.29) is 5.75 Å². The molecule has 0 aliphatic carbocycles. The van der Waals surface area contributed by atoms with Crippen LogP contribution >= 0.6 is 11.6 Å². The van der Waals surface area contributed by atoms with Crippen molar-refractivity contribution in [1.29, 1.82) is 0 Å². The van der Waals surface area contributed by atoms with Gasteiger partial charge in [-0.25, -0.2) is 0 Å². The van der Waals surface area contributed by atoms with Crippen molar-refractivity contribution in [3.8, 4) is 5.75 Å². The van der Waals surface area contributed by atoms with Crippen molar-refractivity contribution in [2.45, 2.75) is 18.5 Å². The van der Waals surface area contributed by atoms with Crippen LogP contribution in [0.5, 0.6) is 5.75 Å². The molecule has 0 aliphatic heterocycles. The zero-order chi connectivity index (χ0) is 13.2. The Kier molecular flexibility index (Phi) is 4.03. The predicted molar refractivity (Wildman–Crippen MR) is 57.6 cm³/mol. The lowest BCUT2D eigenvalue weighted by atomic mass is 10.0. The summed E-state index contributed by atoms with van der Waals surface area (Å²) in [6.07, 6.45) is -4.62. The standard InChI is InChI=1S/C11H10ClF3O2/c1-6(12)10(16)8-4-3-7(17-2)5-9(8)11(13,14)15/h3-6H,1-2H3. The number of halogens is 4. The Morgan fingerprint density at radius 3 is 2.41 bits per heavy atom. The van der Waals surface area contributed by atoms with Gasteiger partial charge in [-0.2, -0.15) is 13.2 Å². The quantitative estimate of drug-likeness (QED) is 0.618. The summed E-state index contributed by atoms with van der Waals surface area (Å²) in [6, 6.07) is 3.15. The molecular formula is C11H10ClF3O2. The first-order valence-corrected chi connectivity index (χ1v) is 5.14. The molecule has 0 fully saturated rings. The molecule has 0 saturated heterocycles. The van der Waals surface area contributed by atoms with E-state index in [1.54, 1.807) is 0 Å².